The van der Waals surface area contributed by atoms with Gasteiger partial charge in [-0.2, -0.15) is 4.98 Å². The number of ether oxygens (including phenoxy) is 1. The van der Waals surface area contributed by atoms with Crippen LogP contribution >= 0.6 is 0 Å². The molecular weight excluding hydrogens is 328 g/mol. The smallest absolute Gasteiger partial charge is 0.229 e. The van der Waals surface area contributed by atoms with Crippen LogP contribution in [0, 0.1) is 6.92 Å². The summed E-state index contributed by atoms with van der Waals surface area (Å²) in [7, 11) is 0. The van der Waals surface area contributed by atoms with Gasteiger partial charge in [0.05, 0.1) is 6.61 Å². The number of hydrogen-bond acceptors (Lipinski definition) is 6. The quantitative estimate of drug-likeness (QED) is 0.595. The molecule has 0 spiro atoms. The first-order valence-electron chi connectivity index (χ1n) is 8.45. The Bertz CT molecular complexity index is 838. The highest BCUT2D eigenvalue weighted by atomic mass is 16.5. The monoisotopic (exact) mass is 350 g/mol. The maximum atomic E-state index is 9.17. The molecule has 0 aliphatic carbocycles. The summed E-state index contributed by atoms with van der Waals surface area (Å²) in [6.07, 6.45) is 0. The van der Waals surface area contributed by atoms with Crippen LogP contribution in [0.4, 0.5) is 17.5 Å². The summed E-state index contributed by atoms with van der Waals surface area (Å²) in [6.45, 7) is 3.82. The van der Waals surface area contributed by atoms with Crippen LogP contribution in [-0.4, -0.2) is 27.7 Å². The zero-order chi connectivity index (χ0) is 18.4. The molecule has 1 unspecified atom stereocenters. The molecule has 134 valence electrons. The van der Waals surface area contributed by atoms with Crippen LogP contribution in [-0.2, 0) is 0 Å². The molecule has 0 saturated carbocycles. The molecule has 0 aliphatic rings. The van der Waals surface area contributed by atoms with Crippen LogP contribution in [0.1, 0.15) is 12.6 Å². The molecule has 6 heteroatoms. The summed E-state index contributed by atoms with van der Waals surface area (Å²) in [5, 5.41) is 15.5. The zero-order valence-electron chi connectivity index (χ0n) is 14.8. The van der Waals surface area contributed by atoms with Crippen molar-refractivity contribution in [3.8, 4) is 11.5 Å². The molecular formula is C20H22N4O2. The Morgan fingerprint density at radius 1 is 1.00 bits per heavy atom. The van der Waals surface area contributed by atoms with Crippen molar-refractivity contribution < 1.29 is 9.84 Å². The van der Waals surface area contributed by atoms with Crippen LogP contribution in [0.15, 0.2) is 60.7 Å². The molecule has 0 aliphatic heterocycles. The Hall–Kier alpha value is -3.12. The number of para-hydroxylation sites is 1. The van der Waals surface area contributed by atoms with E-state index in [4.69, 9.17) is 9.84 Å². The zero-order valence-corrected chi connectivity index (χ0v) is 14.8. The van der Waals surface area contributed by atoms with Crippen molar-refractivity contribution in [3.05, 3.63) is 66.4 Å². The first-order chi connectivity index (χ1) is 12.6. The fraction of sp³-hybridized carbons (Fsp3) is 0.200. The lowest BCUT2D eigenvalue weighted by molar-refractivity contribution is 0.281. The number of rotatable bonds is 7. The minimum absolute atomic E-state index is 0.0364. The van der Waals surface area contributed by atoms with Crippen LogP contribution in [0.5, 0.6) is 11.5 Å². The Kier molecular flexibility index (Phi) is 5.66. The Morgan fingerprint density at radius 3 is 2.38 bits per heavy atom. The molecule has 3 N–H and O–H groups in total. The minimum Gasteiger partial charge on any atom is -0.457 e. The summed E-state index contributed by atoms with van der Waals surface area (Å²) >= 11 is 0. The van der Waals surface area contributed by atoms with E-state index in [0.29, 0.717) is 11.8 Å². The fourth-order valence-corrected chi connectivity index (χ4v) is 2.36. The Balaban J connectivity index is 1.69. The lowest BCUT2D eigenvalue weighted by Gasteiger charge is -2.13. The van der Waals surface area contributed by atoms with E-state index in [9.17, 15) is 0 Å². The van der Waals surface area contributed by atoms with Gasteiger partial charge in [0.2, 0.25) is 5.95 Å². The van der Waals surface area contributed by atoms with Crippen LogP contribution in [0.25, 0.3) is 0 Å². The predicted molar refractivity (Wildman–Crippen MR) is 103 cm³/mol. The highest BCUT2D eigenvalue weighted by Crippen LogP contribution is 2.24. The molecule has 1 heterocycles. The lowest BCUT2D eigenvalue weighted by atomic mass is 10.3. The third-order valence-electron chi connectivity index (χ3n) is 3.61. The number of nitrogens with zero attached hydrogens (tertiary/aromatic N) is 2. The molecule has 0 saturated heterocycles. The standard InChI is InChI=1S/C20H22N4O2/c1-14-12-19(21-15(2)13-25)24-20(22-14)23-16-8-10-18(11-9-16)26-17-6-4-3-5-7-17/h3-12,15,25H,13H2,1-2H3,(H2,21,22,23,24). The van der Waals surface area contributed by atoms with Crippen molar-refractivity contribution in [2.45, 2.75) is 19.9 Å². The van der Waals surface area contributed by atoms with E-state index in [1.54, 1.807) is 0 Å². The fourth-order valence-electron chi connectivity index (χ4n) is 2.36. The van der Waals surface area contributed by atoms with Crippen LogP contribution < -0.4 is 15.4 Å². The summed E-state index contributed by atoms with van der Waals surface area (Å²) in [4.78, 5) is 8.83. The van der Waals surface area contributed by atoms with Crippen molar-refractivity contribution in [2.24, 2.45) is 0 Å². The van der Waals surface area contributed by atoms with Gasteiger partial charge in [0, 0.05) is 23.5 Å². The number of anilines is 3. The molecule has 0 fully saturated rings. The van der Waals surface area contributed by atoms with Gasteiger partial charge in [-0.25, -0.2) is 4.98 Å². The van der Waals surface area contributed by atoms with Crippen LogP contribution in [0.2, 0.25) is 0 Å². The van der Waals surface area contributed by atoms with E-state index in [1.807, 2.05) is 74.5 Å². The maximum Gasteiger partial charge on any atom is 0.229 e. The van der Waals surface area contributed by atoms with Gasteiger partial charge < -0.3 is 20.5 Å². The van der Waals surface area contributed by atoms with Gasteiger partial charge >= 0.3 is 0 Å². The van der Waals surface area contributed by atoms with E-state index >= 15 is 0 Å². The number of benzene rings is 2. The summed E-state index contributed by atoms with van der Waals surface area (Å²) in [6, 6.07) is 19.0. The second-order valence-corrected chi connectivity index (χ2v) is 6.01. The number of aromatic nitrogens is 2. The van der Waals surface area contributed by atoms with Gasteiger partial charge in [-0.3, -0.25) is 0 Å². The van der Waals surface area contributed by atoms with Gasteiger partial charge in [0.15, 0.2) is 0 Å². The van der Waals surface area contributed by atoms with Gasteiger partial charge in [-0.1, -0.05) is 18.2 Å². The average molecular weight is 350 g/mol. The highest BCUT2D eigenvalue weighted by Gasteiger charge is 2.06. The Morgan fingerprint density at radius 2 is 1.69 bits per heavy atom. The van der Waals surface area contributed by atoms with Crippen molar-refractivity contribution in [1.82, 2.24) is 9.97 Å². The van der Waals surface area contributed by atoms with Crippen molar-refractivity contribution in [2.75, 3.05) is 17.2 Å². The van der Waals surface area contributed by atoms with Gasteiger partial charge in [0.25, 0.3) is 0 Å². The molecule has 0 amide bonds. The van der Waals surface area contributed by atoms with Gasteiger partial charge in [-0.05, 0) is 50.2 Å². The van der Waals surface area contributed by atoms with Crippen LogP contribution in [0.3, 0.4) is 0 Å². The van der Waals surface area contributed by atoms with Crippen molar-refractivity contribution in [1.29, 1.82) is 0 Å². The predicted octanol–water partition coefficient (Wildman–Crippen LogP) is 4.11. The van der Waals surface area contributed by atoms with E-state index in [1.165, 1.54) is 0 Å². The molecule has 3 rings (SSSR count). The summed E-state index contributed by atoms with van der Waals surface area (Å²) in [5.74, 6) is 2.72. The Labute approximate surface area is 152 Å². The second-order valence-electron chi connectivity index (χ2n) is 6.01. The normalized spacial score (nSPS) is 11.7. The number of nitrogens with one attached hydrogen (secondary N) is 2. The summed E-state index contributed by atoms with van der Waals surface area (Å²) in [5.41, 5.74) is 1.69. The number of hydrogen-bond donors (Lipinski definition) is 3. The average Bonchev–Trinajstić information content (AvgIpc) is 2.63. The number of aliphatic hydroxyl groups excluding tert-OH is 1. The molecule has 6 nitrogen and oxygen atoms in total. The molecule has 0 bridgehead atoms. The highest BCUT2D eigenvalue weighted by molar-refractivity contribution is 5.56. The molecule has 1 atom stereocenters. The van der Waals surface area contributed by atoms with E-state index in [2.05, 4.69) is 20.6 Å². The second kappa shape index (κ2) is 8.31. The van der Waals surface area contributed by atoms with Gasteiger partial charge in [0.1, 0.15) is 17.3 Å². The number of aryl methyl sites for hydroxylation is 1. The van der Waals surface area contributed by atoms with E-state index in [-0.39, 0.29) is 12.6 Å². The lowest BCUT2D eigenvalue weighted by Crippen LogP contribution is -2.20. The molecule has 26 heavy (non-hydrogen) atoms. The third-order valence-corrected chi connectivity index (χ3v) is 3.61. The van der Waals surface area contributed by atoms with Crippen molar-refractivity contribution in [3.63, 3.8) is 0 Å². The SMILES string of the molecule is Cc1cc(NC(C)CO)nc(Nc2ccc(Oc3ccccc3)cc2)n1. The number of aliphatic hydroxyl groups is 1. The largest absolute Gasteiger partial charge is 0.457 e. The first kappa shape index (κ1) is 17.7. The maximum absolute atomic E-state index is 9.17. The minimum atomic E-state index is -0.0773. The van der Waals surface area contributed by atoms with Crippen molar-refractivity contribution >= 4 is 17.5 Å². The van der Waals surface area contributed by atoms with E-state index in [0.717, 1.165) is 22.9 Å². The molecule has 3 aromatic rings. The third kappa shape index (κ3) is 4.94. The van der Waals surface area contributed by atoms with Gasteiger partial charge in [-0.15, -0.1) is 0 Å². The molecule has 1 aromatic heterocycles. The molecule has 2 aromatic carbocycles. The summed E-state index contributed by atoms with van der Waals surface area (Å²) < 4.78 is 5.79. The first-order valence-corrected chi connectivity index (χ1v) is 8.45. The topological polar surface area (TPSA) is 79.3 Å². The molecule has 0 radical (unpaired) electrons. The van der Waals surface area contributed by atoms with E-state index < -0.39 is 0 Å².